The molecule has 1 aliphatic heterocycles. The molecule has 1 atom stereocenters. The van der Waals surface area contributed by atoms with Crippen LogP contribution in [0.15, 0.2) is 59.5 Å². The summed E-state index contributed by atoms with van der Waals surface area (Å²) in [6.45, 7) is 1.62. The Morgan fingerprint density at radius 3 is 2.52 bits per heavy atom. The fourth-order valence-electron chi connectivity index (χ4n) is 3.45. The van der Waals surface area contributed by atoms with Gasteiger partial charge in [-0.3, -0.25) is 14.4 Å². The number of Topliss-reactive ketones (excluding diaryl/α,β-unsaturated/α-hetero) is 1. The molecular weight excluding hydrogens is 418 g/mol. The second kappa shape index (κ2) is 9.84. The van der Waals surface area contributed by atoms with Gasteiger partial charge < -0.3 is 10.6 Å². The molecule has 1 saturated heterocycles. The lowest BCUT2D eigenvalue weighted by Crippen LogP contribution is -2.46. The van der Waals surface area contributed by atoms with Gasteiger partial charge in [-0.2, -0.15) is 4.31 Å². The highest BCUT2D eigenvalue weighted by Gasteiger charge is 2.33. The maximum atomic E-state index is 12.8. The predicted octanol–water partition coefficient (Wildman–Crippen LogP) is 2.04. The quantitative estimate of drug-likeness (QED) is 0.636. The van der Waals surface area contributed by atoms with Crippen molar-refractivity contribution in [3.05, 3.63) is 60.2 Å². The van der Waals surface area contributed by atoms with Crippen LogP contribution in [0.4, 0.5) is 5.69 Å². The molecule has 31 heavy (non-hydrogen) atoms. The minimum atomic E-state index is -3.67. The van der Waals surface area contributed by atoms with Gasteiger partial charge in [0.1, 0.15) is 0 Å². The first-order valence-corrected chi connectivity index (χ1v) is 11.4. The van der Waals surface area contributed by atoms with Crippen LogP contribution in [0.5, 0.6) is 0 Å². The summed E-state index contributed by atoms with van der Waals surface area (Å²) in [4.78, 5) is 36.4. The van der Waals surface area contributed by atoms with E-state index >= 15 is 0 Å². The van der Waals surface area contributed by atoms with E-state index in [0.29, 0.717) is 30.6 Å². The van der Waals surface area contributed by atoms with Crippen molar-refractivity contribution < 1.29 is 22.8 Å². The third-order valence-corrected chi connectivity index (χ3v) is 6.99. The van der Waals surface area contributed by atoms with Crippen LogP contribution in [-0.2, 0) is 19.6 Å². The summed E-state index contributed by atoms with van der Waals surface area (Å²) in [6.07, 6.45) is 1.11. The minimum absolute atomic E-state index is 0.0747. The van der Waals surface area contributed by atoms with E-state index in [1.807, 2.05) is 0 Å². The van der Waals surface area contributed by atoms with E-state index in [4.69, 9.17) is 0 Å². The molecule has 164 valence electrons. The zero-order valence-electron chi connectivity index (χ0n) is 17.2. The van der Waals surface area contributed by atoms with Crippen molar-refractivity contribution in [1.82, 2.24) is 9.62 Å². The van der Waals surface area contributed by atoms with Gasteiger partial charge in [0.2, 0.25) is 21.8 Å². The first kappa shape index (κ1) is 22.6. The number of piperidine rings is 1. The molecule has 9 heteroatoms. The number of anilines is 1. The highest BCUT2D eigenvalue weighted by molar-refractivity contribution is 7.89. The van der Waals surface area contributed by atoms with Crippen molar-refractivity contribution in [3.8, 4) is 0 Å². The number of sulfonamides is 1. The van der Waals surface area contributed by atoms with Gasteiger partial charge in [0.25, 0.3) is 0 Å². The number of nitrogens with one attached hydrogen (secondary N) is 2. The molecule has 1 fully saturated rings. The molecule has 1 aliphatic rings. The van der Waals surface area contributed by atoms with E-state index in [-0.39, 0.29) is 29.7 Å². The summed E-state index contributed by atoms with van der Waals surface area (Å²) >= 11 is 0. The van der Waals surface area contributed by atoms with Crippen LogP contribution >= 0.6 is 0 Å². The molecule has 0 aromatic heterocycles. The third kappa shape index (κ3) is 5.77. The molecule has 1 heterocycles. The number of rotatable bonds is 7. The summed E-state index contributed by atoms with van der Waals surface area (Å²) in [7, 11) is -3.67. The van der Waals surface area contributed by atoms with Crippen LogP contribution in [0.25, 0.3) is 0 Å². The molecule has 0 spiro atoms. The summed E-state index contributed by atoms with van der Waals surface area (Å²) in [5, 5.41) is 5.22. The Balaban J connectivity index is 1.55. The Bertz CT molecular complexity index is 1070. The molecule has 0 radical (unpaired) electrons. The molecule has 2 N–H and O–H groups in total. The molecular formula is C22H25N3O5S. The van der Waals surface area contributed by atoms with Crippen molar-refractivity contribution in [2.75, 3.05) is 25.0 Å². The van der Waals surface area contributed by atoms with E-state index in [9.17, 15) is 22.8 Å². The summed E-state index contributed by atoms with van der Waals surface area (Å²) in [5.41, 5.74) is 0.938. The lowest BCUT2D eigenvalue weighted by Gasteiger charge is -2.31. The maximum absolute atomic E-state index is 12.8. The maximum Gasteiger partial charge on any atom is 0.243 e. The SMILES string of the molecule is CC(=O)c1cccc(NC(=O)CNC(=O)[C@@H]2CCCN(S(=O)(=O)c3ccccc3)C2)c1. The van der Waals surface area contributed by atoms with Gasteiger partial charge in [-0.15, -0.1) is 0 Å². The number of nitrogens with zero attached hydrogens (tertiary/aromatic N) is 1. The zero-order valence-corrected chi connectivity index (χ0v) is 18.0. The van der Waals surface area contributed by atoms with Crippen LogP contribution in [-0.4, -0.2) is 50.0 Å². The molecule has 0 saturated carbocycles. The number of hydrogen-bond donors (Lipinski definition) is 2. The monoisotopic (exact) mass is 443 g/mol. The standard InChI is InChI=1S/C22H25N3O5S/c1-16(26)17-7-5-9-19(13-17)24-21(27)14-23-22(28)18-8-6-12-25(15-18)31(29,30)20-10-3-2-4-11-20/h2-5,7,9-11,13,18H,6,8,12,14-15H2,1H3,(H,23,28)(H,24,27)/t18-/m1/s1. The van der Waals surface area contributed by atoms with Gasteiger partial charge in [-0.25, -0.2) is 8.42 Å². The summed E-state index contributed by atoms with van der Waals surface area (Å²) < 4.78 is 26.9. The van der Waals surface area contributed by atoms with Crippen LogP contribution in [0.2, 0.25) is 0 Å². The van der Waals surface area contributed by atoms with E-state index in [1.54, 1.807) is 42.5 Å². The average Bonchev–Trinajstić information content (AvgIpc) is 2.78. The highest BCUT2D eigenvalue weighted by atomic mass is 32.2. The molecule has 0 aliphatic carbocycles. The average molecular weight is 444 g/mol. The van der Waals surface area contributed by atoms with Gasteiger partial charge >= 0.3 is 0 Å². The molecule has 0 unspecified atom stereocenters. The molecule has 2 aromatic rings. The van der Waals surface area contributed by atoms with Crippen molar-refractivity contribution in [2.24, 2.45) is 5.92 Å². The van der Waals surface area contributed by atoms with Gasteiger partial charge in [-0.05, 0) is 44.0 Å². The number of carbonyl (C=O) groups is 3. The molecule has 2 amide bonds. The first-order valence-electron chi connectivity index (χ1n) is 10.0. The fraction of sp³-hybridized carbons (Fsp3) is 0.318. The number of hydrogen-bond acceptors (Lipinski definition) is 5. The van der Waals surface area contributed by atoms with Gasteiger partial charge in [0.05, 0.1) is 17.4 Å². The Kier molecular flexibility index (Phi) is 7.19. The normalized spacial score (nSPS) is 17.0. The Labute approximate surface area is 181 Å². The lowest BCUT2D eigenvalue weighted by atomic mass is 9.99. The van der Waals surface area contributed by atoms with Crippen LogP contribution in [0, 0.1) is 5.92 Å². The van der Waals surface area contributed by atoms with Crippen LogP contribution in [0.1, 0.15) is 30.1 Å². The Morgan fingerprint density at radius 2 is 1.81 bits per heavy atom. The Hall–Kier alpha value is -3.04. The second-order valence-electron chi connectivity index (χ2n) is 7.42. The van der Waals surface area contributed by atoms with Gasteiger partial charge in [-0.1, -0.05) is 30.3 Å². The molecule has 2 aromatic carbocycles. The smallest absolute Gasteiger partial charge is 0.243 e. The summed E-state index contributed by atoms with van der Waals surface area (Å²) in [5.74, 6) is -1.43. The topological polar surface area (TPSA) is 113 Å². The predicted molar refractivity (Wildman–Crippen MR) is 116 cm³/mol. The Morgan fingerprint density at radius 1 is 1.06 bits per heavy atom. The summed E-state index contributed by atoms with van der Waals surface area (Å²) in [6, 6.07) is 14.7. The van der Waals surface area contributed by atoms with Gasteiger partial charge in [0.15, 0.2) is 5.78 Å². The zero-order chi connectivity index (χ0) is 22.4. The van der Waals surface area contributed by atoms with E-state index < -0.39 is 21.8 Å². The van der Waals surface area contributed by atoms with Crippen molar-refractivity contribution >= 4 is 33.3 Å². The van der Waals surface area contributed by atoms with Gasteiger partial charge in [0, 0.05) is 24.3 Å². The third-order valence-electron chi connectivity index (χ3n) is 5.11. The molecule has 3 rings (SSSR count). The van der Waals surface area contributed by atoms with Crippen molar-refractivity contribution in [1.29, 1.82) is 0 Å². The largest absolute Gasteiger partial charge is 0.347 e. The first-order chi connectivity index (χ1) is 14.8. The lowest BCUT2D eigenvalue weighted by molar-refractivity contribution is -0.128. The van der Waals surface area contributed by atoms with Crippen molar-refractivity contribution in [3.63, 3.8) is 0 Å². The number of ketones is 1. The number of amides is 2. The van der Waals surface area contributed by atoms with E-state index in [2.05, 4.69) is 10.6 Å². The number of carbonyl (C=O) groups excluding carboxylic acids is 3. The minimum Gasteiger partial charge on any atom is -0.347 e. The second-order valence-corrected chi connectivity index (χ2v) is 9.36. The van der Waals surface area contributed by atoms with Crippen LogP contribution < -0.4 is 10.6 Å². The fourth-order valence-corrected chi connectivity index (χ4v) is 4.99. The molecule has 8 nitrogen and oxygen atoms in total. The highest BCUT2D eigenvalue weighted by Crippen LogP contribution is 2.23. The molecule has 0 bridgehead atoms. The number of benzene rings is 2. The van der Waals surface area contributed by atoms with E-state index in [1.165, 1.54) is 23.4 Å². The van der Waals surface area contributed by atoms with Crippen molar-refractivity contribution in [2.45, 2.75) is 24.7 Å². The van der Waals surface area contributed by atoms with Crippen LogP contribution in [0.3, 0.4) is 0 Å². The van der Waals surface area contributed by atoms with E-state index in [0.717, 1.165) is 0 Å².